The summed E-state index contributed by atoms with van der Waals surface area (Å²) in [7, 11) is 1.61. The Kier molecular flexibility index (Phi) is 9.18. The SMILES string of the molecule is CCCCCCN(C(=O)Nc1ccc(OC)cc1)C(C)c1nc2ccccc2c(=O)n1-c1ccc(Br)cc1. The predicted octanol–water partition coefficient (Wildman–Crippen LogP) is 7.33. The van der Waals surface area contributed by atoms with Gasteiger partial charge in [-0.25, -0.2) is 9.78 Å². The molecule has 0 fully saturated rings. The molecule has 1 unspecified atom stereocenters. The summed E-state index contributed by atoms with van der Waals surface area (Å²) < 4.78 is 7.77. The van der Waals surface area contributed by atoms with E-state index in [1.807, 2.05) is 61.5 Å². The highest BCUT2D eigenvalue weighted by molar-refractivity contribution is 9.10. The minimum atomic E-state index is -0.476. The summed E-state index contributed by atoms with van der Waals surface area (Å²) in [4.78, 5) is 34.1. The van der Waals surface area contributed by atoms with Crippen molar-refractivity contribution in [2.45, 2.75) is 45.6 Å². The van der Waals surface area contributed by atoms with Crippen molar-refractivity contribution in [1.29, 1.82) is 0 Å². The third-order valence-corrected chi connectivity index (χ3v) is 7.11. The van der Waals surface area contributed by atoms with Crippen LogP contribution in [0.15, 0.2) is 82.1 Å². The van der Waals surface area contributed by atoms with Crippen molar-refractivity contribution in [3.63, 3.8) is 0 Å². The second kappa shape index (κ2) is 12.7. The van der Waals surface area contributed by atoms with Gasteiger partial charge in [0.25, 0.3) is 5.56 Å². The Labute approximate surface area is 231 Å². The number of nitrogens with one attached hydrogen (secondary N) is 1. The topological polar surface area (TPSA) is 76.5 Å². The number of nitrogens with zero attached hydrogens (tertiary/aromatic N) is 3. The molecule has 1 N–H and O–H groups in total. The molecule has 2 amide bonds. The molecule has 1 atom stereocenters. The van der Waals surface area contributed by atoms with E-state index in [2.05, 4.69) is 28.2 Å². The van der Waals surface area contributed by atoms with Crippen LogP contribution in [0.3, 0.4) is 0 Å². The summed E-state index contributed by atoms with van der Waals surface area (Å²) in [5.74, 6) is 1.23. The van der Waals surface area contributed by atoms with Crippen molar-refractivity contribution in [3.05, 3.63) is 93.4 Å². The molecule has 0 saturated heterocycles. The van der Waals surface area contributed by atoms with Gasteiger partial charge in [0.15, 0.2) is 0 Å². The lowest BCUT2D eigenvalue weighted by molar-refractivity contribution is 0.187. The highest BCUT2D eigenvalue weighted by Crippen LogP contribution is 2.25. The monoisotopic (exact) mass is 576 g/mol. The number of hydrogen-bond acceptors (Lipinski definition) is 4. The van der Waals surface area contributed by atoms with Gasteiger partial charge in [-0.15, -0.1) is 0 Å². The largest absolute Gasteiger partial charge is 0.497 e. The van der Waals surface area contributed by atoms with Crippen LogP contribution in [0.25, 0.3) is 16.6 Å². The van der Waals surface area contributed by atoms with Gasteiger partial charge < -0.3 is 15.0 Å². The van der Waals surface area contributed by atoms with E-state index in [1.165, 1.54) is 0 Å². The van der Waals surface area contributed by atoms with E-state index in [4.69, 9.17) is 9.72 Å². The molecule has 0 aliphatic carbocycles. The molecule has 0 aliphatic rings. The molecular weight excluding hydrogens is 544 g/mol. The molecule has 3 aromatic carbocycles. The first-order valence-corrected chi connectivity index (χ1v) is 13.7. The Morgan fingerprint density at radius 3 is 2.42 bits per heavy atom. The maximum Gasteiger partial charge on any atom is 0.322 e. The summed E-state index contributed by atoms with van der Waals surface area (Å²) in [5, 5.41) is 3.54. The summed E-state index contributed by atoms with van der Waals surface area (Å²) in [6.07, 6.45) is 4.06. The van der Waals surface area contributed by atoms with Gasteiger partial charge in [-0.05, 0) is 74.0 Å². The van der Waals surface area contributed by atoms with Crippen LogP contribution in [0.1, 0.15) is 51.4 Å². The fourth-order valence-corrected chi connectivity index (χ4v) is 4.72. The second-order valence-electron chi connectivity index (χ2n) is 9.19. The van der Waals surface area contributed by atoms with E-state index in [0.717, 1.165) is 30.2 Å². The summed E-state index contributed by atoms with van der Waals surface area (Å²) >= 11 is 3.48. The van der Waals surface area contributed by atoms with Gasteiger partial charge in [-0.1, -0.05) is 54.2 Å². The van der Waals surface area contributed by atoms with Gasteiger partial charge in [-0.3, -0.25) is 9.36 Å². The first kappa shape index (κ1) is 27.4. The highest BCUT2D eigenvalue weighted by atomic mass is 79.9. The number of methoxy groups -OCH3 is 1. The molecular formula is C30H33BrN4O3. The van der Waals surface area contributed by atoms with E-state index in [0.29, 0.717) is 40.4 Å². The molecule has 1 aromatic heterocycles. The molecule has 0 saturated carbocycles. The average Bonchev–Trinajstić information content (AvgIpc) is 2.94. The number of aromatic nitrogens is 2. The van der Waals surface area contributed by atoms with Crippen LogP contribution in [-0.4, -0.2) is 34.1 Å². The fourth-order valence-electron chi connectivity index (χ4n) is 4.46. The molecule has 4 rings (SSSR count). The number of urea groups is 1. The van der Waals surface area contributed by atoms with E-state index < -0.39 is 6.04 Å². The molecule has 198 valence electrons. The number of ether oxygens (including phenoxy) is 1. The second-order valence-corrected chi connectivity index (χ2v) is 10.1. The number of carbonyl (C=O) groups excluding carboxylic acids is 1. The lowest BCUT2D eigenvalue weighted by Gasteiger charge is -2.31. The number of amides is 2. The maximum absolute atomic E-state index is 13.8. The zero-order chi connectivity index (χ0) is 27.1. The third kappa shape index (κ3) is 6.25. The average molecular weight is 578 g/mol. The standard InChI is InChI=1S/C30H33BrN4O3/c1-4-5-6-9-20-34(30(37)32-23-14-18-25(38-3)19-15-23)21(2)28-33-27-11-8-7-10-26(27)29(36)35(28)24-16-12-22(31)13-17-24/h7-8,10-19,21H,4-6,9,20H2,1-3H3,(H,32,37). The first-order chi connectivity index (χ1) is 18.4. The summed E-state index contributed by atoms with van der Waals surface area (Å²) in [6.45, 7) is 4.62. The maximum atomic E-state index is 13.8. The van der Waals surface area contributed by atoms with Crippen molar-refractivity contribution in [2.24, 2.45) is 0 Å². The Hall–Kier alpha value is -3.65. The van der Waals surface area contributed by atoms with Gasteiger partial charge in [0, 0.05) is 16.7 Å². The molecule has 7 nitrogen and oxygen atoms in total. The zero-order valence-corrected chi connectivity index (χ0v) is 23.6. The predicted molar refractivity (Wildman–Crippen MR) is 156 cm³/mol. The minimum Gasteiger partial charge on any atom is -0.497 e. The number of carbonyl (C=O) groups is 1. The summed E-state index contributed by atoms with van der Waals surface area (Å²) in [6, 6.07) is 21.4. The van der Waals surface area contributed by atoms with Crippen LogP contribution in [0.5, 0.6) is 5.75 Å². The van der Waals surface area contributed by atoms with Gasteiger partial charge >= 0.3 is 6.03 Å². The first-order valence-electron chi connectivity index (χ1n) is 12.9. The van der Waals surface area contributed by atoms with Crippen molar-refractivity contribution in [3.8, 4) is 11.4 Å². The van der Waals surface area contributed by atoms with Crippen molar-refractivity contribution in [1.82, 2.24) is 14.5 Å². The number of fused-ring (bicyclic) bond motifs is 1. The fraction of sp³-hybridized carbons (Fsp3) is 0.300. The number of unbranched alkanes of at least 4 members (excludes halogenated alkanes) is 3. The molecule has 0 spiro atoms. The molecule has 1 heterocycles. The van der Waals surface area contributed by atoms with Gasteiger partial charge in [0.2, 0.25) is 0 Å². The van der Waals surface area contributed by atoms with Crippen LogP contribution >= 0.6 is 15.9 Å². The molecule has 8 heteroatoms. The smallest absolute Gasteiger partial charge is 0.322 e. The molecule has 0 aliphatic heterocycles. The minimum absolute atomic E-state index is 0.165. The normalized spacial score (nSPS) is 11.8. The van der Waals surface area contributed by atoms with Crippen molar-refractivity contribution in [2.75, 3.05) is 19.0 Å². The van der Waals surface area contributed by atoms with Crippen LogP contribution in [0, 0.1) is 0 Å². The molecule has 38 heavy (non-hydrogen) atoms. The Bertz CT molecular complexity index is 1440. The number of rotatable bonds is 10. The lowest BCUT2D eigenvalue weighted by Crippen LogP contribution is -2.40. The Morgan fingerprint density at radius 2 is 1.74 bits per heavy atom. The van der Waals surface area contributed by atoms with Gasteiger partial charge in [0.05, 0.1) is 29.7 Å². The Morgan fingerprint density at radius 1 is 1.03 bits per heavy atom. The number of para-hydroxylation sites is 1. The van der Waals surface area contributed by atoms with Gasteiger partial charge in [-0.2, -0.15) is 0 Å². The zero-order valence-electron chi connectivity index (χ0n) is 22.0. The Balaban J connectivity index is 1.76. The van der Waals surface area contributed by atoms with Crippen molar-refractivity contribution < 1.29 is 9.53 Å². The van der Waals surface area contributed by atoms with Crippen LogP contribution < -0.4 is 15.6 Å². The van der Waals surface area contributed by atoms with E-state index >= 15 is 0 Å². The number of anilines is 1. The molecule has 4 aromatic rings. The van der Waals surface area contributed by atoms with E-state index in [-0.39, 0.29) is 11.6 Å². The number of benzene rings is 3. The van der Waals surface area contributed by atoms with Gasteiger partial charge in [0.1, 0.15) is 11.6 Å². The third-order valence-electron chi connectivity index (χ3n) is 6.58. The molecule has 0 bridgehead atoms. The van der Waals surface area contributed by atoms with E-state index in [9.17, 15) is 9.59 Å². The van der Waals surface area contributed by atoms with Crippen molar-refractivity contribution >= 4 is 38.6 Å². The lowest BCUT2D eigenvalue weighted by atomic mass is 10.1. The number of hydrogen-bond donors (Lipinski definition) is 1. The summed E-state index contributed by atoms with van der Waals surface area (Å²) in [5.41, 5.74) is 1.80. The van der Waals surface area contributed by atoms with Crippen LogP contribution in [0.4, 0.5) is 10.5 Å². The van der Waals surface area contributed by atoms with Crippen LogP contribution in [-0.2, 0) is 0 Å². The van der Waals surface area contributed by atoms with Crippen LogP contribution in [0.2, 0.25) is 0 Å². The highest BCUT2D eigenvalue weighted by Gasteiger charge is 2.27. The number of halogens is 1. The quantitative estimate of drug-likeness (QED) is 0.200. The molecule has 0 radical (unpaired) electrons. The van der Waals surface area contributed by atoms with E-state index in [1.54, 1.807) is 34.8 Å².